The Bertz CT molecular complexity index is 372. The predicted octanol–water partition coefficient (Wildman–Crippen LogP) is -2.19. The van der Waals surface area contributed by atoms with Crippen LogP contribution in [0, 0.1) is 0 Å². The number of hydrogen-bond acceptors (Lipinski definition) is 5. The molecule has 1 saturated heterocycles. The van der Waals surface area contributed by atoms with Crippen molar-refractivity contribution in [2.24, 2.45) is 5.73 Å². The molecule has 0 radical (unpaired) electrons. The lowest BCUT2D eigenvalue weighted by atomic mass is 10.2. The lowest BCUT2D eigenvalue weighted by Gasteiger charge is -2.34. The largest absolute Gasteiger partial charge is 0.377 e. The van der Waals surface area contributed by atoms with Crippen LogP contribution in [0.15, 0.2) is 0 Å². The van der Waals surface area contributed by atoms with Gasteiger partial charge in [-0.3, -0.25) is 14.4 Å². The summed E-state index contributed by atoms with van der Waals surface area (Å²) in [5.74, 6) is -1.80. The quantitative estimate of drug-likeness (QED) is 0.508. The van der Waals surface area contributed by atoms with Crippen molar-refractivity contribution in [3.05, 3.63) is 0 Å². The monoisotopic (exact) mass is 286 g/mol. The Hall–Kier alpha value is -1.67. The number of nitrogens with one attached hydrogen (secondary N) is 2. The number of amides is 3. The number of hydrogen-bond donors (Lipinski definition) is 3. The standard InChI is InChI=1S/C12H22N4O4/c1-8(2)15-10(17)9-7-20-6-5-16(9)12(19)11(18)14-4-3-13/h8-9H,3-7,13H2,1-2H3,(H,14,18)(H,15,17). The Balaban J connectivity index is 2.70. The molecule has 0 saturated carbocycles. The van der Waals surface area contributed by atoms with Crippen molar-refractivity contribution in [1.29, 1.82) is 0 Å². The van der Waals surface area contributed by atoms with Crippen LogP contribution in [0.3, 0.4) is 0 Å². The molecule has 1 unspecified atom stereocenters. The summed E-state index contributed by atoms with van der Waals surface area (Å²) < 4.78 is 5.22. The van der Waals surface area contributed by atoms with E-state index in [2.05, 4.69) is 10.6 Å². The van der Waals surface area contributed by atoms with Crippen LogP contribution in [0.25, 0.3) is 0 Å². The smallest absolute Gasteiger partial charge is 0.312 e. The first-order valence-electron chi connectivity index (χ1n) is 6.64. The summed E-state index contributed by atoms with van der Waals surface area (Å²) in [5.41, 5.74) is 5.26. The second kappa shape index (κ2) is 7.81. The number of morpholine rings is 1. The lowest BCUT2D eigenvalue weighted by molar-refractivity contribution is -0.155. The Labute approximate surface area is 118 Å². The summed E-state index contributed by atoms with van der Waals surface area (Å²) in [5, 5.41) is 5.12. The van der Waals surface area contributed by atoms with E-state index in [1.54, 1.807) is 0 Å². The van der Waals surface area contributed by atoms with E-state index in [-0.39, 0.29) is 38.2 Å². The Morgan fingerprint density at radius 2 is 2.10 bits per heavy atom. The summed E-state index contributed by atoms with van der Waals surface area (Å²) >= 11 is 0. The third-order valence-electron chi connectivity index (χ3n) is 2.75. The first-order chi connectivity index (χ1) is 9.47. The zero-order chi connectivity index (χ0) is 15.1. The van der Waals surface area contributed by atoms with Crippen LogP contribution in [0.5, 0.6) is 0 Å². The van der Waals surface area contributed by atoms with Crippen molar-refractivity contribution < 1.29 is 19.1 Å². The number of nitrogens with two attached hydrogens (primary N) is 1. The number of rotatable bonds is 4. The first-order valence-corrected chi connectivity index (χ1v) is 6.64. The van der Waals surface area contributed by atoms with Gasteiger partial charge in [0, 0.05) is 25.7 Å². The fourth-order valence-corrected chi connectivity index (χ4v) is 1.84. The highest BCUT2D eigenvalue weighted by Gasteiger charge is 2.35. The molecule has 20 heavy (non-hydrogen) atoms. The van der Waals surface area contributed by atoms with E-state index >= 15 is 0 Å². The summed E-state index contributed by atoms with van der Waals surface area (Å²) in [4.78, 5) is 37.0. The number of nitrogens with zero attached hydrogens (tertiary/aromatic N) is 1. The van der Waals surface area contributed by atoms with Gasteiger partial charge in [0.25, 0.3) is 0 Å². The SMILES string of the molecule is CC(C)NC(=O)C1COCCN1C(=O)C(=O)NCCN. The van der Waals surface area contributed by atoms with Gasteiger partial charge in [-0.1, -0.05) is 0 Å². The number of carbonyl (C=O) groups excluding carboxylic acids is 3. The van der Waals surface area contributed by atoms with Crippen LogP contribution in [0.2, 0.25) is 0 Å². The van der Waals surface area contributed by atoms with Gasteiger partial charge in [0.05, 0.1) is 13.2 Å². The molecule has 0 aromatic carbocycles. The molecule has 0 aromatic heterocycles. The van der Waals surface area contributed by atoms with Crippen molar-refractivity contribution in [1.82, 2.24) is 15.5 Å². The third-order valence-corrected chi connectivity index (χ3v) is 2.75. The van der Waals surface area contributed by atoms with Crippen molar-refractivity contribution in [2.75, 3.05) is 32.8 Å². The molecule has 1 fully saturated rings. The van der Waals surface area contributed by atoms with Crippen LogP contribution in [-0.4, -0.2) is 67.6 Å². The summed E-state index contributed by atoms with van der Waals surface area (Å²) in [6, 6.07) is -0.824. The van der Waals surface area contributed by atoms with Crippen LogP contribution < -0.4 is 16.4 Å². The molecular weight excluding hydrogens is 264 g/mol. The topological polar surface area (TPSA) is 114 Å². The third kappa shape index (κ3) is 4.46. The van der Waals surface area contributed by atoms with Gasteiger partial charge in [-0.15, -0.1) is 0 Å². The molecule has 0 spiro atoms. The molecule has 8 heteroatoms. The van der Waals surface area contributed by atoms with Crippen LogP contribution >= 0.6 is 0 Å². The van der Waals surface area contributed by atoms with Crippen LogP contribution in [0.4, 0.5) is 0 Å². The minimum atomic E-state index is -0.776. The van der Waals surface area contributed by atoms with Crippen LogP contribution in [0.1, 0.15) is 13.8 Å². The molecule has 8 nitrogen and oxygen atoms in total. The van der Waals surface area contributed by atoms with E-state index in [1.807, 2.05) is 13.8 Å². The highest BCUT2D eigenvalue weighted by Crippen LogP contribution is 2.08. The van der Waals surface area contributed by atoms with E-state index in [0.717, 1.165) is 0 Å². The normalized spacial score (nSPS) is 18.8. The average Bonchev–Trinajstić information content (AvgIpc) is 2.43. The van der Waals surface area contributed by atoms with Gasteiger partial charge < -0.3 is 26.0 Å². The van der Waals surface area contributed by atoms with Gasteiger partial charge in [0.15, 0.2) is 0 Å². The maximum Gasteiger partial charge on any atom is 0.312 e. The molecule has 4 N–H and O–H groups in total. The van der Waals surface area contributed by atoms with E-state index in [4.69, 9.17) is 10.5 Å². The Morgan fingerprint density at radius 1 is 1.40 bits per heavy atom. The Kier molecular flexibility index (Phi) is 6.40. The number of carbonyl (C=O) groups is 3. The fourth-order valence-electron chi connectivity index (χ4n) is 1.84. The Morgan fingerprint density at radius 3 is 2.70 bits per heavy atom. The molecule has 1 heterocycles. The molecule has 1 rings (SSSR count). The van der Waals surface area contributed by atoms with Crippen molar-refractivity contribution in [3.63, 3.8) is 0 Å². The second-order valence-corrected chi connectivity index (χ2v) is 4.80. The lowest BCUT2D eigenvalue weighted by Crippen LogP contribution is -2.59. The van der Waals surface area contributed by atoms with E-state index < -0.39 is 17.9 Å². The minimum Gasteiger partial charge on any atom is -0.377 e. The molecule has 1 atom stereocenters. The van der Waals surface area contributed by atoms with Crippen molar-refractivity contribution in [3.8, 4) is 0 Å². The molecule has 114 valence electrons. The van der Waals surface area contributed by atoms with Crippen LogP contribution in [-0.2, 0) is 19.1 Å². The molecule has 0 aliphatic carbocycles. The maximum absolute atomic E-state index is 12.0. The van der Waals surface area contributed by atoms with Gasteiger partial charge in [-0.25, -0.2) is 0 Å². The van der Waals surface area contributed by atoms with E-state index in [1.165, 1.54) is 4.90 Å². The highest BCUT2D eigenvalue weighted by molar-refractivity contribution is 6.35. The molecule has 1 aliphatic rings. The van der Waals surface area contributed by atoms with E-state index in [9.17, 15) is 14.4 Å². The second-order valence-electron chi connectivity index (χ2n) is 4.80. The molecule has 0 aromatic rings. The fraction of sp³-hybridized carbons (Fsp3) is 0.750. The van der Waals surface area contributed by atoms with Gasteiger partial charge in [0.2, 0.25) is 5.91 Å². The highest BCUT2D eigenvalue weighted by atomic mass is 16.5. The van der Waals surface area contributed by atoms with Gasteiger partial charge in [-0.2, -0.15) is 0 Å². The minimum absolute atomic E-state index is 0.0487. The van der Waals surface area contributed by atoms with Gasteiger partial charge in [0.1, 0.15) is 6.04 Å². The summed E-state index contributed by atoms with van der Waals surface area (Å²) in [6.07, 6.45) is 0. The first kappa shape index (κ1) is 16.4. The summed E-state index contributed by atoms with van der Waals surface area (Å²) in [6.45, 7) is 4.72. The molecule has 1 aliphatic heterocycles. The molecule has 3 amide bonds. The summed E-state index contributed by atoms with van der Waals surface area (Å²) in [7, 11) is 0. The zero-order valence-electron chi connectivity index (χ0n) is 11.8. The van der Waals surface area contributed by atoms with Gasteiger partial charge >= 0.3 is 11.8 Å². The molecule has 0 bridgehead atoms. The van der Waals surface area contributed by atoms with Gasteiger partial charge in [-0.05, 0) is 13.8 Å². The predicted molar refractivity (Wildman–Crippen MR) is 71.7 cm³/mol. The number of ether oxygens (including phenoxy) is 1. The zero-order valence-corrected chi connectivity index (χ0v) is 11.8. The van der Waals surface area contributed by atoms with Crippen molar-refractivity contribution >= 4 is 17.7 Å². The molecular formula is C12H22N4O4. The van der Waals surface area contributed by atoms with E-state index in [0.29, 0.717) is 6.61 Å². The van der Waals surface area contributed by atoms with Crippen molar-refractivity contribution in [2.45, 2.75) is 25.9 Å². The maximum atomic E-state index is 12.0. The average molecular weight is 286 g/mol.